The van der Waals surface area contributed by atoms with Gasteiger partial charge in [-0.25, -0.2) is 0 Å². The molecule has 15 heavy (non-hydrogen) atoms. The Morgan fingerprint density at radius 3 is 2.60 bits per heavy atom. The van der Waals surface area contributed by atoms with Crippen molar-refractivity contribution in [1.29, 1.82) is 0 Å². The van der Waals surface area contributed by atoms with Gasteiger partial charge in [-0.3, -0.25) is 4.79 Å². The van der Waals surface area contributed by atoms with Crippen molar-refractivity contribution in [3.8, 4) is 5.75 Å². The van der Waals surface area contributed by atoms with Gasteiger partial charge < -0.3 is 10.8 Å². The fourth-order valence-electron chi connectivity index (χ4n) is 1.28. The second-order valence-electron chi connectivity index (χ2n) is 3.68. The van der Waals surface area contributed by atoms with Crippen LogP contribution < -0.4 is 5.73 Å². The van der Waals surface area contributed by atoms with E-state index in [9.17, 15) is 9.90 Å². The standard InChI is InChI=1S/C11H14ClNO2/c1-6(2)7-3-8(10(14)5-13)11(15)9(12)4-7/h3-4,6,15H,5,13H2,1-2H3. The van der Waals surface area contributed by atoms with Gasteiger partial charge in [-0.05, 0) is 23.6 Å². The Bertz CT molecular complexity index is 388. The summed E-state index contributed by atoms with van der Waals surface area (Å²) in [4.78, 5) is 11.4. The van der Waals surface area contributed by atoms with Gasteiger partial charge in [0.2, 0.25) is 0 Å². The van der Waals surface area contributed by atoms with Crippen LogP contribution in [-0.4, -0.2) is 17.4 Å². The zero-order chi connectivity index (χ0) is 11.6. The third kappa shape index (κ3) is 2.49. The molecule has 0 aliphatic heterocycles. The molecule has 3 nitrogen and oxygen atoms in total. The molecule has 0 spiro atoms. The number of phenols is 1. The Labute approximate surface area is 93.9 Å². The van der Waals surface area contributed by atoms with E-state index in [1.54, 1.807) is 12.1 Å². The lowest BCUT2D eigenvalue weighted by Gasteiger charge is -2.10. The molecule has 3 N–H and O–H groups in total. The molecule has 0 aliphatic rings. The van der Waals surface area contributed by atoms with Gasteiger partial charge in [-0.2, -0.15) is 0 Å². The number of carbonyl (C=O) groups is 1. The fraction of sp³-hybridized carbons (Fsp3) is 0.364. The molecule has 0 radical (unpaired) electrons. The summed E-state index contributed by atoms with van der Waals surface area (Å²) in [6.45, 7) is 3.84. The minimum Gasteiger partial charge on any atom is -0.506 e. The topological polar surface area (TPSA) is 63.3 Å². The number of Topliss-reactive ketones (excluding diaryl/α,β-unsaturated/α-hetero) is 1. The first-order valence-corrected chi connectivity index (χ1v) is 5.10. The maximum Gasteiger partial charge on any atom is 0.180 e. The number of carbonyl (C=O) groups excluding carboxylic acids is 1. The van der Waals surface area contributed by atoms with E-state index < -0.39 is 0 Å². The van der Waals surface area contributed by atoms with E-state index in [4.69, 9.17) is 17.3 Å². The van der Waals surface area contributed by atoms with Crippen molar-refractivity contribution < 1.29 is 9.90 Å². The SMILES string of the molecule is CC(C)c1cc(Cl)c(O)c(C(=O)CN)c1. The summed E-state index contributed by atoms with van der Waals surface area (Å²) in [7, 11) is 0. The van der Waals surface area contributed by atoms with Gasteiger partial charge in [0.15, 0.2) is 5.78 Å². The highest BCUT2D eigenvalue weighted by atomic mass is 35.5. The van der Waals surface area contributed by atoms with Gasteiger partial charge in [0.1, 0.15) is 5.75 Å². The smallest absolute Gasteiger partial charge is 0.180 e. The van der Waals surface area contributed by atoms with E-state index in [0.29, 0.717) is 0 Å². The zero-order valence-corrected chi connectivity index (χ0v) is 9.51. The van der Waals surface area contributed by atoms with Crippen LogP contribution in [0.3, 0.4) is 0 Å². The Morgan fingerprint density at radius 1 is 1.53 bits per heavy atom. The largest absolute Gasteiger partial charge is 0.506 e. The Hall–Kier alpha value is -1.06. The molecule has 82 valence electrons. The van der Waals surface area contributed by atoms with Crippen molar-refractivity contribution >= 4 is 17.4 Å². The van der Waals surface area contributed by atoms with E-state index in [0.717, 1.165) is 5.56 Å². The van der Waals surface area contributed by atoms with E-state index in [2.05, 4.69) is 0 Å². The van der Waals surface area contributed by atoms with Crippen LogP contribution in [0.2, 0.25) is 5.02 Å². The molecular weight excluding hydrogens is 214 g/mol. The maximum atomic E-state index is 11.4. The molecule has 0 amide bonds. The molecule has 4 heteroatoms. The summed E-state index contributed by atoms with van der Waals surface area (Å²) in [6.07, 6.45) is 0. The van der Waals surface area contributed by atoms with Gasteiger partial charge in [-0.15, -0.1) is 0 Å². The second-order valence-corrected chi connectivity index (χ2v) is 4.09. The van der Waals surface area contributed by atoms with Crippen molar-refractivity contribution in [2.24, 2.45) is 5.73 Å². The van der Waals surface area contributed by atoms with Crippen LogP contribution in [0.15, 0.2) is 12.1 Å². The van der Waals surface area contributed by atoms with Crippen LogP contribution >= 0.6 is 11.6 Å². The molecule has 0 heterocycles. The van der Waals surface area contributed by atoms with Crippen molar-refractivity contribution in [2.75, 3.05) is 6.54 Å². The number of halogens is 1. The van der Waals surface area contributed by atoms with Gasteiger partial charge >= 0.3 is 0 Å². The minimum absolute atomic E-state index is 0.133. The van der Waals surface area contributed by atoms with Crippen LogP contribution in [0.5, 0.6) is 5.75 Å². The average Bonchev–Trinajstić information content (AvgIpc) is 2.20. The van der Waals surface area contributed by atoms with Gasteiger partial charge in [0.05, 0.1) is 17.1 Å². The van der Waals surface area contributed by atoms with Crippen LogP contribution in [0, 0.1) is 0 Å². The Balaban J connectivity index is 3.31. The summed E-state index contributed by atoms with van der Waals surface area (Å²) in [6, 6.07) is 3.30. The first kappa shape index (κ1) is 12.0. The highest BCUT2D eigenvalue weighted by Gasteiger charge is 2.15. The predicted octanol–water partition coefficient (Wildman–Crippen LogP) is 2.31. The van der Waals surface area contributed by atoms with Crippen molar-refractivity contribution in [3.63, 3.8) is 0 Å². The van der Waals surface area contributed by atoms with Crippen LogP contribution in [0.1, 0.15) is 35.7 Å². The fourth-order valence-corrected chi connectivity index (χ4v) is 1.50. The lowest BCUT2D eigenvalue weighted by atomic mass is 9.98. The summed E-state index contributed by atoms with van der Waals surface area (Å²) >= 11 is 5.82. The van der Waals surface area contributed by atoms with Gasteiger partial charge in [0, 0.05) is 0 Å². The monoisotopic (exact) mass is 227 g/mol. The number of benzene rings is 1. The normalized spacial score (nSPS) is 10.7. The second kappa shape index (κ2) is 4.64. The molecule has 1 aromatic carbocycles. The predicted molar refractivity (Wildman–Crippen MR) is 60.6 cm³/mol. The maximum absolute atomic E-state index is 11.4. The van der Waals surface area contributed by atoms with Crippen LogP contribution in [0.25, 0.3) is 0 Å². The highest BCUT2D eigenvalue weighted by Crippen LogP contribution is 2.31. The summed E-state index contributed by atoms with van der Waals surface area (Å²) < 4.78 is 0. The third-order valence-electron chi connectivity index (χ3n) is 2.24. The number of nitrogens with two attached hydrogens (primary N) is 1. The Kier molecular flexibility index (Phi) is 3.72. The molecule has 0 aliphatic carbocycles. The molecule has 0 unspecified atom stereocenters. The lowest BCUT2D eigenvalue weighted by molar-refractivity contribution is 0.0998. The lowest BCUT2D eigenvalue weighted by Crippen LogP contribution is -2.14. The van der Waals surface area contributed by atoms with Crippen LogP contribution in [0.4, 0.5) is 0 Å². The van der Waals surface area contributed by atoms with E-state index in [1.807, 2.05) is 13.8 Å². The minimum atomic E-state index is -0.308. The van der Waals surface area contributed by atoms with E-state index in [1.165, 1.54) is 0 Å². The molecular formula is C11H14ClNO2. The number of rotatable bonds is 3. The first-order chi connectivity index (χ1) is 6.97. The van der Waals surface area contributed by atoms with E-state index in [-0.39, 0.29) is 34.6 Å². The molecule has 1 rings (SSSR count). The first-order valence-electron chi connectivity index (χ1n) is 4.73. The van der Waals surface area contributed by atoms with Gasteiger partial charge in [-0.1, -0.05) is 25.4 Å². The third-order valence-corrected chi connectivity index (χ3v) is 2.53. The summed E-state index contributed by atoms with van der Waals surface area (Å²) in [5, 5.41) is 9.79. The Morgan fingerprint density at radius 2 is 2.13 bits per heavy atom. The number of phenolic OH excluding ortho intramolecular Hbond substituents is 1. The zero-order valence-electron chi connectivity index (χ0n) is 8.75. The average molecular weight is 228 g/mol. The number of ketones is 1. The number of aromatic hydroxyl groups is 1. The molecule has 1 aromatic rings. The van der Waals surface area contributed by atoms with Gasteiger partial charge in [0.25, 0.3) is 0 Å². The number of hydrogen-bond donors (Lipinski definition) is 2. The van der Waals surface area contributed by atoms with Crippen LogP contribution in [-0.2, 0) is 0 Å². The van der Waals surface area contributed by atoms with Crippen molar-refractivity contribution in [3.05, 3.63) is 28.3 Å². The number of hydrogen-bond acceptors (Lipinski definition) is 3. The van der Waals surface area contributed by atoms with Crippen molar-refractivity contribution in [1.82, 2.24) is 0 Å². The molecule has 0 aromatic heterocycles. The molecule has 0 saturated heterocycles. The molecule has 0 atom stereocenters. The summed E-state index contributed by atoms with van der Waals surface area (Å²) in [5.41, 5.74) is 6.36. The van der Waals surface area contributed by atoms with Crippen molar-refractivity contribution in [2.45, 2.75) is 19.8 Å². The highest BCUT2D eigenvalue weighted by molar-refractivity contribution is 6.32. The van der Waals surface area contributed by atoms with E-state index >= 15 is 0 Å². The quantitative estimate of drug-likeness (QED) is 0.779. The molecule has 0 bridgehead atoms. The molecule has 0 fully saturated rings. The summed E-state index contributed by atoms with van der Waals surface area (Å²) in [5.74, 6) is -0.249. The molecule has 0 saturated carbocycles.